The maximum absolute atomic E-state index is 13.2. The number of ether oxygens (including phenoxy) is 2. The standard InChI is InChI=1S/C34H42ClN2O4S/c1-23-5-4-7-32(41-21-24-8-9-24)30-14-11-28(30)20-37-19-27-10-13-29(35)17-25(27)6-2-3-16-40-33-15-12-26(18-31(33)37)34(38)36-42(39)22-23/h4,7,10,12-13,15,17-18,23-24,28,30,32H,2-3,5-6,8-9,11,14,16,19-22H2,1H3/q-1/b7-4+/t23-,28-,30+,32-/m0/s1. The van der Waals surface area contributed by atoms with Gasteiger partial charge in [-0.05, 0) is 111 Å². The molecule has 2 saturated carbocycles. The summed E-state index contributed by atoms with van der Waals surface area (Å²) < 4.78 is 29.9. The summed E-state index contributed by atoms with van der Waals surface area (Å²) in [7, 11) is -1.59. The number of aryl methyl sites for hydroxylation is 1. The van der Waals surface area contributed by atoms with Crippen LogP contribution in [0, 0.1) is 23.7 Å². The molecule has 8 heteroatoms. The van der Waals surface area contributed by atoms with Gasteiger partial charge in [-0.15, -0.1) is 0 Å². The maximum atomic E-state index is 13.2. The van der Waals surface area contributed by atoms with Gasteiger partial charge in [-0.3, -0.25) is 4.79 Å². The first-order chi connectivity index (χ1) is 20.4. The third-order valence-electron chi connectivity index (χ3n) is 9.22. The first-order valence-corrected chi connectivity index (χ1v) is 17.3. The number of halogens is 1. The second-order valence-corrected chi connectivity index (χ2v) is 14.3. The van der Waals surface area contributed by atoms with Crippen molar-refractivity contribution in [3.05, 3.63) is 70.3 Å². The Morgan fingerprint density at radius 2 is 1.98 bits per heavy atom. The molecule has 4 atom stereocenters. The van der Waals surface area contributed by atoms with Gasteiger partial charge < -0.3 is 22.9 Å². The lowest BCUT2D eigenvalue weighted by molar-refractivity contribution is -0.0181. The van der Waals surface area contributed by atoms with Crippen molar-refractivity contribution in [1.29, 1.82) is 0 Å². The van der Waals surface area contributed by atoms with E-state index in [1.165, 1.54) is 24.0 Å². The molecule has 2 heterocycles. The van der Waals surface area contributed by atoms with Crippen LogP contribution in [0.3, 0.4) is 0 Å². The SMILES string of the molecule is C[C@H]1C/C=C/[C@H](OCC2CC2)[C@@H]2CC[C@H]2CN2Cc3ccc(Cl)cc3CCCCOc3ccc(cc32)C(=O)N=[S-](=O)C1. The first kappa shape index (κ1) is 29.7. The number of amides is 1. The number of fused-ring (bicyclic) bond motifs is 3. The van der Waals surface area contributed by atoms with Crippen molar-refractivity contribution in [3.8, 4) is 5.75 Å². The van der Waals surface area contributed by atoms with E-state index in [0.717, 1.165) is 68.1 Å². The quantitative estimate of drug-likeness (QED) is 0.263. The zero-order chi connectivity index (χ0) is 29.1. The number of rotatable bonds is 3. The van der Waals surface area contributed by atoms with Crippen LogP contribution in [0.1, 0.15) is 73.4 Å². The Labute approximate surface area is 257 Å². The van der Waals surface area contributed by atoms with E-state index in [9.17, 15) is 9.00 Å². The van der Waals surface area contributed by atoms with Crippen LogP contribution in [-0.2, 0) is 32.5 Å². The molecule has 1 amide bonds. The van der Waals surface area contributed by atoms with Crippen molar-refractivity contribution in [3.63, 3.8) is 0 Å². The fourth-order valence-electron chi connectivity index (χ4n) is 6.38. The van der Waals surface area contributed by atoms with E-state index in [4.69, 9.17) is 21.1 Å². The van der Waals surface area contributed by atoms with E-state index in [1.54, 1.807) is 6.07 Å². The van der Waals surface area contributed by atoms with Gasteiger partial charge in [0.1, 0.15) is 5.75 Å². The lowest BCUT2D eigenvalue weighted by Crippen LogP contribution is -2.44. The van der Waals surface area contributed by atoms with Crippen LogP contribution < -0.4 is 9.64 Å². The summed E-state index contributed by atoms with van der Waals surface area (Å²) in [6.07, 6.45) is 13.0. The second kappa shape index (κ2) is 13.5. The van der Waals surface area contributed by atoms with Crippen LogP contribution in [0.25, 0.3) is 0 Å². The van der Waals surface area contributed by atoms with Crippen molar-refractivity contribution in [2.45, 2.75) is 70.9 Å². The molecule has 2 fully saturated rings. The molecule has 42 heavy (non-hydrogen) atoms. The van der Waals surface area contributed by atoms with Gasteiger partial charge in [0.15, 0.2) is 0 Å². The summed E-state index contributed by atoms with van der Waals surface area (Å²) in [6, 6.07) is 11.8. The molecule has 0 spiro atoms. The fraction of sp³-hybridized carbons (Fsp3) is 0.559. The van der Waals surface area contributed by atoms with Gasteiger partial charge >= 0.3 is 0 Å². The molecule has 4 aliphatic rings. The minimum absolute atomic E-state index is 0.0818. The lowest BCUT2D eigenvalue weighted by Gasteiger charge is -2.44. The summed E-state index contributed by atoms with van der Waals surface area (Å²) in [4.78, 5) is 15.6. The van der Waals surface area contributed by atoms with E-state index in [-0.39, 0.29) is 12.0 Å². The summed E-state index contributed by atoms with van der Waals surface area (Å²) in [5, 5.41) is 0.756. The normalized spacial score (nSPS) is 28.2. The summed E-state index contributed by atoms with van der Waals surface area (Å²) in [5.74, 6) is 2.43. The zero-order valence-corrected chi connectivity index (χ0v) is 26.1. The third-order valence-corrected chi connectivity index (χ3v) is 10.7. The molecule has 2 aromatic rings. The number of benzene rings is 2. The monoisotopic (exact) mass is 609 g/mol. The van der Waals surface area contributed by atoms with Crippen molar-refractivity contribution in [2.75, 3.05) is 30.4 Å². The van der Waals surface area contributed by atoms with Crippen LogP contribution in [0.15, 0.2) is 52.9 Å². The van der Waals surface area contributed by atoms with E-state index >= 15 is 0 Å². The number of allylic oxidation sites excluding steroid dienone is 1. The minimum atomic E-state index is -1.59. The molecule has 0 saturated heterocycles. The number of anilines is 1. The highest BCUT2D eigenvalue weighted by Gasteiger charge is 2.39. The number of carbonyl (C=O) groups is 1. The van der Waals surface area contributed by atoms with Gasteiger partial charge in [0.05, 0.1) is 25.0 Å². The summed E-state index contributed by atoms with van der Waals surface area (Å²) in [6.45, 7) is 5.02. The molecule has 0 aromatic heterocycles. The zero-order valence-electron chi connectivity index (χ0n) is 24.5. The Morgan fingerprint density at radius 1 is 1.10 bits per heavy atom. The van der Waals surface area contributed by atoms with E-state index in [1.807, 2.05) is 18.2 Å². The van der Waals surface area contributed by atoms with Crippen LogP contribution in [0.5, 0.6) is 5.75 Å². The predicted octanol–water partition coefficient (Wildman–Crippen LogP) is 7.77. The summed E-state index contributed by atoms with van der Waals surface area (Å²) >= 11 is 6.44. The molecule has 0 N–H and O–H groups in total. The topological polar surface area (TPSA) is 68.2 Å². The summed E-state index contributed by atoms with van der Waals surface area (Å²) in [5.41, 5.74) is 3.85. The average Bonchev–Trinajstić information content (AvgIpc) is 3.78. The smallest absolute Gasteiger partial charge is 0.254 e. The molecule has 0 radical (unpaired) electrons. The van der Waals surface area contributed by atoms with E-state index in [0.29, 0.717) is 42.2 Å². The molecular weight excluding hydrogens is 568 g/mol. The number of carbonyl (C=O) groups excluding carboxylic acids is 1. The molecule has 2 aliphatic heterocycles. The van der Waals surface area contributed by atoms with Crippen molar-refractivity contribution < 1.29 is 18.5 Å². The molecule has 6 rings (SSSR count). The Kier molecular flexibility index (Phi) is 9.57. The fourth-order valence-corrected chi connectivity index (χ4v) is 7.57. The molecule has 0 unspecified atom stereocenters. The predicted molar refractivity (Wildman–Crippen MR) is 169 cm³/mol. The highest BCUT2D eigenvalue weighted by molar-refractivity contribution is 7.75. The molecule has 226 valence electrons. The molecule has 2 bridgehead atoms. The van der Waals surface area contributed by atoms with Crippen LogP contribution in [0.2, 0.25) is 5.02 Å². The highest BCUT2D eigenvalue weighted by Crippen LogP contribution is 2.43. The van der Waals surface area contributed by atoms with Crippen LogP contribution in [-0.4, -0.2) is 37.5 Å². The third kappa shape index (κ3) is 7.40. The van der Waals surface area contributed by atoms with Gasteiger partial charge in [-0.1, -0.05) is 48.4 Å². The van der Waals surface area contributed by atoms with E-state index < -0.39 is 16.5 Å². The molecular formula is C34H42ClN2O4S-. The Morgan fingerprint density at radius 3 is 2.79 bits per heavy atom. The van der Waals surface area contributed by atoms with Gasteiger partial charge in [-0.2, -0.15) is 10.6 Å². The average molecular weight is 610 g/mol. The van der Waals surface area contributed by atoms with Gasteiger partial charge in [0.2, 0.25) is 0 Å². The van der Waals surface area contributed by atoms with E-state index in [2.05, 4.69) is 40.5 Å². The van der Waals surface area contributed by atoms with Crippen molar-refractivity contribution in [1.82, 2.24) is 0 Å². The van der Waals surface area contributed by atoms with Crippen LogP contribution >= 0.6 is 11.6 Å². The van der Waals surface area contributed by atoms with Gasteiger partial charge in [0, 0.05) is 23.7 Å². The molecule has 2 aromatic carbocycles. The highest BCUT2D eigenvalue weighted by atomic mass is 35.5. The minimum Gasteiger partial charge on any atom is -0.491 e. The lowest BCUT2D eigenvalue weighted by atomic mass is 9.70. The molecule has 2 aliphatic carbocycles. The van der Waals surface area contributed by atoms with Gasteiger partial charge in [-0.25, -0.2) is 0 Å². The Bertz CT molecular complexity index is 1400. The Balaban J connectivity index is 1.40. The number of nitrogens with zero attached hydrogens (tertiary/aromatic N) is 2. The number of hydrogen-bond donors (Lipinski definition) is 0. The second-order valence-electron chi connectivity index (χ2n) is 12.7. The van der Waals surface area contributed by atoms with Crippen LogP contribution in [0.4, 0.5) is 5.69 Å². The largest absolute Gasteiger partial charge is 0.491 e. The first-order valence-electron chi connectivity index (χ1n) is 15.6. The Hall–Kier alpha value is -2.35. The molecule has 6 nitrogen and oxygen atoms in total. The van der Waals surface area contributed by atoms with Gasteiger partial charge in [0.25, 0.3) is 5.91 Å². The van der Waals surface area contributed by atoms with Crippen molar-refractivity contribution in [2.24, 2.45) is 28.0 Å². The van der Waals surface area contributed by atoms with Crippen molar-refractivity contribution >= 4 is 33.8 Å². The number of hydrogen-bond acceptors (Lipinski definition) is 6. The maximum Gasteiger partial charge on any atom is 0.254 e.